The van der Waals surface area contributed by atoms with E-state index in [2.05, 4.69) is 201 Å². The molecule has 1 aromatic heterocycles. The van der Waals surface area contributed by atoms with Gasteiger partial charge in [-0.2, -0.15) is 0 Å². The van der Waals surface area contributed by atoms with Gasteiger partial charge in [0.1, 0.15) is 5.58 Å². The maximum Gasteiger partial charge on any atom is 0.159 e. The maximum atomic E-state index is 6.62. The molecule has 10 aromatic rings. The molecular formula is C53H37NO. The molecule has 0 spiro atoms. The predicted molar refractivity (Wildman–Crippen MR) is 232 cm³/mol. The van der Waals surface area contributed by atoms with Crippen LogP contribution in [0.2, 0.25) is 0 Å². The molecule has 0 bridgehead atoms. The summed E-state index contributed by atoms with van der Waals surface area (Å²) in [5, 5.41) is 7.23. The number of rotatable bonds is 5. The summed E-state index contributed by atoms with van der Waals surface area (Å²) in [4.78, 5) is 2.34. The van der Waals surface area contributed by atoms with Crippen LogP contribution in [0.3, 0.4) is 0 Å². The molecule has 0 atom stereocenters. The summed E-state index contributed by atoms with van der Waals surface area (Å²) >= 11 is 0. The van der Waals surface area contributed by atoms with Crippen molar-refractivity contribution in [1.82, 2.24) is 0 Å². The van der Waals surface area contributed by atoms with Crippen molar-refractivity contribution in [2.24, 2.45) is 0 Å². The first-order chi connectivity index (χ1) is 27.0. The highest BCUT2D eigenvalue weighted by Gasteiger charge is 2.38. The minimum absolute atomic E-state index is 0.0985. The number of fused-ring (bicyclic) bond motifs is 9. The molecule has 2 heteroatoms. The fourth-order valence-electron chi connectivity index (χ4n) is 9.19. The number of anilines is 3. The van der Waals surface area contributed by atoms with Crippen LogP contribution in [0.5, 0.6) is 0 Å². The van der Waals surface area contributed by atoms with Gasteiger partial charge in [0.15, 0.2) is 5.58 Å². The van der Waals surface area contributed by atoms with Gasteiger partial charge in [0.05, 0.1) is 5.69 Å². The Kier molecular flexibility index (Phi) is 6.93. The fraction of sp³-hybridized carbons (Fsp3) is 0.0566. The molecule has 0 N–H and O–H groups in total. The fourth-order valence-corrected chi connectivity index (χ4v) is 9.19. The summed E-state index contributed by atoms with van der Waals surface area (Å²) in [7, 11) is 0. The van der Waals surface area contributed by atoms with E-state index >= 15 is 0 Å². The first kappa shape index (κ1) is 31.6. The van der Waals surface area contributed by atoms with Crippen molar-refractivity contribution < 1.29 is 4.42 Å². The van der Waals surface area contributed by atoms with Crippen molar-refractivity contribution >= 4 is 60.5 Å². The van der Waals surface area contributed by atoms with Gasteiger partial charge in [0.25, 0.3) is 0 Å². The van der Waals surface area contributed by atoms with E-state index in [-0.39, 0.29) is 5.41 Å². The van der Waals surface area contributed by atoms with Crippen molar-refractivity contribution in [3.8, 4) is 33.4 Å². The largest absolute Gasteiger partial charge is 0.454 e. The number of hydrogen-bond donors (Lipinski definition) is 0. The van der Waals surface area contributed by atoms with Crippen LogP contribution in [0, 0.1) is 0 Å². The molecule has 1 aliphatic rings. The van der Waals surface area contributed by atoms with E-state index in [4.69, 9.17) is 4.42 Å². The van der Waals surface area contributed by atoms with Crippen LogP contribution in [-0.2, 0) is 5.41 Å². The van der Waals surface area contributed by atoms with Gasteiger partial charge in [-0.3, -0.25) is 0 Å². The lowest BCUT2D eigenvalue weighted by Gasteiger charge is -2.26. The summed E-state index contributed by atoms with van der Waals surface area (Å²) in [6, 6.07) is 68.2. The number of nitrogens with zero attached hydrogens (tertiary/aromatic N) is 1. The molecule has 0 fully saturated rings. The van der Waals surface area contributed by atoms with E-state index in [0.29, 0.717) is 0 Å². The van der Waals surface area contributed by atoms with Crippen molar-refractivity contribution in [3.63, 3.8) is 0 Å². The van der Waals surface area contributed by atoms with Crippen LogP contribution < -0.4 is 4.90 Å². The number of benzene rings is 9. The van der Waals surface area contributed by atoms with Crippen molar-refractivity contribution in [2.45, 2.75) is 19.3 Å². The Labute approximate surface area is 320 Å². The molecule has 55 heavy (non-hydrogen) atoms. The Bertz CT molecular complexity index is 3110. The average Bonchev–Trinajstić information content (AvgIpc) is 3.74. The molecule has 0 saturated carbocycles. The summed E-state index contributed by atoms with van der Waals surface area (Å²) in [5.41, 5.74) is 15.2. The molecule has 0 aliphatic heterocycles. The minimum Gasteiger partial charge on any atom is -0.454 e. The van der Waals surface area contributed by atoms with Crippen LogP contribution in [-0.4, -0.2) is 0 Å². The molecule has 0 radical (unpaired) electrons. The van der Waals surface area contributed by atoms with E-state index in [9.17, 15) is 0 Å². The van der Waals surface area contributed by atoms with Crippen LogP contribution in [0.4, 0.5) is 17.1 Å². The van der Waals surface area contributed by atoms with Gasteiger partial charge in [-0.05, 0) is 115 Å². The zero-order valence-corrected chi connectivity index (χ0v) is 30.8. The molecule has 9 aromatic carbocycles. The Morgan fingerprint density at radius 3 is 1.96 bits per heavy atom. The van der Waals surface area contributed by atoms with Crippen molar-refractivity contribution in [1.29, 1.82) is 0 Å². The first-order valence-electron chi connectivity index (χ1n) is 19.1. The summed E-state index contributed by atoms with van der Waals surface area (Å²) in [6.45, 7) is 4.76. The van der Waals surface area contributed by atoms with E-state index in [0.717, 1.165) is 39.0 Å². The average molecular weight is 704 g/mol. The molecule has 0 unspecified atom stereocenters. The van der Waals surface area contributed by atoms with Gasteiger partial charge in [0.2, 0.25) is 0 Å². The second-order valence-electron chi connectivity index (χ2n) is 15.3. The molecule has 260 valence electrons. The third-order valence-electron chi connectivity index (χ3n) is 11.8. The second-order valence-corrected chi connectivity index (χ2v) is 15.3. The lowest BCUT2D eigenvalue weighted by atomic mass is 9.79. The molecule has 1 heterocycles. The summed E-state index contributed by atoms with van der Waals surface area (Å²) in [6.07, 6.45) is 0. The number of hydrogen-bond acceptors (Lipinski definition) is 2. The van der Waals surface area contributed by atoms with Crippen LogP contribution in [0.15, 0.2) is 192 Å². The van der Waals surface area contributed by atoms with Gasteiger partial charge in [-0.25, -0.2) is 0 Å². The van der Waals surface area contributed by atoms with Gasteiger partial charge < -0.3 is 9.32 Å². The number of furan rings is 1. The molecule has 2 nitrogen and oxygen atoms in total. The lowest BCUT2D eigenvalue weighted by Crippen LogP contribution is -2.15. The highest BCUT2D eigenvalue weighted by Crippen LogP contribution is 2.55. The van der Waals surface area contributed by atoms with Gasteiger partial charge in [-0.1, -0.05) is 153 Å². The standard InChI is InChI=1S/C53H37NO/c1-53(2)47-20-10-8-18-45(47)50-46(33-38-15-6-7-16-42(38)51(50)53)39-24-23-37-32-41(30-27-36(37)31-39)54(40-28-25-35(26-29-40)34-13-4-3-5-14-34)48-21-12-19-44-43-17-9-11-22-49(43)55-52(44)48/h3-33H,1-2H3. The van der Waals surface area contributed by atoms with Crippen molar-refractivity contribution in [3.05, 3.63) is 199 Å². The van der Waals surface area contributed by atoms with Gasteiger partial charge in [-0.15, -0.1) is 0 Å². The second kappa shape index (κ2) is 12.1. The molecule has 0 saturated heterocycles. The zero-order chi connectivity index (χ0) is 36.7. The quantitative estimate of drug-likeness (QED) is 0.177. The Morgan fingerprint density at radius 2 is 1.09 bits per heavy atom. The Morgan fingerprint density at radius 1 is 0.436 bits per heavy atom. The van der Waals surface area contributed by atoms with Crippen LogP contribution in [0.1, 0.15) is 25.0 Å². The Balaban J connectivity index is 1.08. The maximum absolute atomic E-state index is 6.62. The molecule has 1 aliphatic carbocycles. The third kappa shape index (κ3) is 4.88. The van der Waals surface area contributed by atoms with E-state index in [1.807, 2.05) is 6.07 Å². The zero-order valence-electron chi connectivity index (χ0n) is 30.8. The SMILES string of the molecule is CC1(C)c2ccccc2-c2c(-c3ccc4cc(N(c5ccc(-c6ccccc6)cc5)c5cccc6c5oc5ccccc56)ccc4c3)cc3ccccc3c21. The normalized spacial score (nSPS) is 13.1. The predicted octanol–water partition coefficient (Wildman–Crippen LogP) is 15.0. The first-order valence-corrected chi connectivity index (χ1v) is 19.1. The number of para-hydroxylation sites is 2. The monoisotopic (exact) mass is 703 g/mol. The smallest absolute Gasteiger partial charge is 0.159 e. The Hall–Kier alpha value is -6.90. The third-order valence-corrected chi connectivity index (χ3v) is 11.8. The highest BCUT2D eigenvalue weighted by molar-refractivity contribution is 6.11. The van der Waals surface area contributed by atoms with Crippen LogP contribution in [0.25, 0.3) is 76.9 Å². The highest BCUT2D eigenvalue weighted by atomic mass is 16.3. The molecule has 11 rings (SSSR count). The van der Waals surface area contributed by atoms with E-state index in [1.165, 1.54) is 66.1 Å². The van der Waals surface area contributed by atoms with Crippen LogP contribution >= 0.6 is 0 Å². The van der Waals surface area contributed by atoms with Gasteiger partial charge in [0, 0.05) is 27.6 Å². The molecular weight excluding hydrogens is 667 g/mol. The van der Waals surface area contributed by atoms with E-state index < -0.39 is 0 Å². The van der Waals surface area contributed by atoms with Gasteiger partial charge >= 0.3 is 0 Å². The van der Waals surface area contributed by atoms with Crippen molar-refractivity contribution in [2.75, 3.05) is 4.90 Å². The summed E-state index contributed by atoms with van der Waals surface area (Å²) < 4.78 is 6.62. The lowest BCUT2D eigenvalue weighted by molar-refractivity contribution is 0.666. The minimum atomic E-state index is -0.0985. The molecule has 0 amide bonds. The van der Waals surface area contributed by atoms with E-state index in [1.54, 1.807) is 0 Å². The summed E-state index contributed by atoms with van der Waals surface area (Å²) in [5.74, 6) is 0. The topological polar surface area (TPSA) is 16.4 Å².